The van der Waals surface area contributed by atoms with E-state index in [2.05, 4.69) is 11.9 Å². The van der Waals surface area contributed by atoms with Crippen molar-refractivity contribution in [1.82, 2.24) is 9.80 Å². The van der Waals surface area contributed by atoms with E-state index in [1.54, 1.807) is 0 Å². The van der Waals surface area contributed by atoms with Gasteiger partial charge in [0.25, 0.3) is 0 Å². The van der Waals surface area contributed by atoms with Crippen LogP contribution in [0.3, 0.4) is 0 Å². The summed E-state index contributed by atoms with van der Waals surface area (Å²) in [6, 6.07) is 0.246. The highest BCUT2D eigenvalue weighted by molar-refractivity contribution is 5.79. The first kappa shape index (κ1) is 13.8. The summed E-state index contributed by atoms with van der Waals surface area (Å²) >= 11 is 0. The fourth-order valence-electron chi connectivity index (χ4n) is 3.27. The molecule has 1 saturated carbocycles. The van der Waals surface area contributed by atoms with Crippen LogP contribution in [0.4, 0.5) is 0 Å². The van der Waals surface area contributed by atoms with Gasteiger partial charge in [0.1, 0.15) is 0 Å². The third-order valence-corrected chi connectivity index (χ3v) is 4.57. The fourth-order valence-corrected chi connectivity index (χ4v) is 3.27. The van der Waals surface area contributed by atoms with E-state index in [1.807, 2.05) is 11.9 Å². The molecule has 0 radical (unpaired) electrons. The standard InChI is InChI=1S/C14H27N3O/c1-16-7-5-11(6-8-16)10-17(2)14(18)12-3-4-13(15)9-12/h11-13H,3-10,15H2,1-2H3. The molecule has 2 N–H and O–H groups in total. The minimum Gasteiger partial charge on any atom is -0.345 e. The van der Waals surface area contributed by atoms with E-state index >= 15 is 0 Å². The summed E-state index contributed by atoms with van der Waals surface area (Å²) in [6.45, 7) is 3.26. The van der Waals surface area contributed by atoms with Gasteiger partial charge in [0.15, 0.2) is 0 Å². The van der Waals surface area contributed by atoms with Crippen LogP contribution < -0.4 is 5.73 Å². The maximum Gasteiger partial charge on any atom is 0.225 e. The van der Waals surface area contributed by atoms with Crippen molar-refractivity contribution in [3.63, 3.8) is 0 Å². The second kappa shape index (κ2) is 6.02. The van der Waals surface area contributed by atoms with E-state index in [9.17, 15) is 4.79 Å². The van der Waals surface area contributed by atoms with Crippen LogP contribution in [-0.2, 0) is 4.79 Å². The van der Waals surface area contributed by atoms with Gasteiger partial charge in [-0.3, -0.25) is 4.79 Å². The summed E-state index contributed by atoms with van der Waals surface area (Å²) in [7, 11) is 4.13. The van der Waals surface area contributed by atoms with Crippen molar-refractivity contribution in [2.24, 2.45) is 17.6 Å². The van der Waals surface area contributed by atoms with Gasteiger partial charge in [-0.15, -0.1) is 0 Å². The number of rotatable bonds is 3. The van der Waals surface area contributed by atoms with E-state index in [4.69, 9.17) is 5.73 Å². The maximum absolute atomic E-state index is 12.3. The van der Waals surface area contributed by atoms with Crippen LogP contribution in [-0.4, -0.2) is 55.5 Å². The summed E-state index contributed by atoms with van der Waals surface area (Å²) in [5.74, 6) is 1.20. The highest BCUT2D eigenvalue weighted by Crippen LogP contribution is 2.26. The lowest BCUT2D eigenvalue weighted by Gasteiger charge is -2.32. The molecular weight excluding hydrogens is 226 g/mol. The second-order valence-electron chi connectivity index (χ2n) is 6.24. The van der Waals surface area contributed by atoms with Crippen LogP contribution in [0.2, 0.25) is 0 Å². The topological polar surface area (TPSA) is 49.6 Å². The molecule has 0 aromatic carbocycles. The molecule has 1 amide bonds. The molecule has 104 valence electrons. The zero-order valence-corrected chi connectivity index (χ0v) is 11.8. The van der Waals surface area contributed by atoms with Gasteiger partial charge in [-0.1, -0.05) is 0 Å². The van der Waals surface area contributed by atoms with E-state index in [1.165, 1.54) is 25.9 Å². The molecule has 0 aromatic heterocycles. The highest BCUT2D eigenvalue weighted by Gasteiger charge is 2.30. The van der Waals surface area contributed by atoms with Crippen molar-refractivity contribution >= 4 is 5.91 Å². The van der Waals surface area contributed by atoms with Crippen molar-refractivity contribution in [1.29, 1.82) is 0 Å². The Labute approximate surface area is 110 Å². The van der Waals surface area contributed by atoms with Crippen molar-refractivity contribution in [2.45, 2.75) is 38.1 Å². The predicted molar refractivity (Wildman–Crippen MR) is 73.2 cm³/mol. The fraction of sp³-hybridized carbons (Fsp3) is 0.929. The molecule has 18 heavy (non-hydrogen) atoms. The lowest BCUT2D eigenvalue weighted by Crippen LogP contribution is -2.40. The molecule has 4 nitrogen and oxygen atoms in total. The van der Waals surface area contributed by atoms with Crippen LogP contribution >= 0.6 is 0 Å². The third-order valence-electron chi connectivity index (χ3n) is 4.57. The van der Waals surface area contributed by atoms with Gasteiger partial charge in [0.05, 0.1) is 0 Å². The van der Waals surface area contributed by atoms with Gasteiger partial charge in [-0.25, -0.2) is 0 Å². The minimum atomic E-state index is 0.191. The zero-order valence-electron chi connectivity index (χ0n) is 11.8. The maximum atomic E-state index is 12.3. The normalized spacial score (nSPS) is 30.6. The number of carbonyl (C=O) groups is 1. The van der Waals surface area contributed by atoms with Gasteiger partial charge in [-0.05, 0) is 58.2 Å². The Hall–Kier alpha value is -0.610. The Morgan fingerprint density at radius 1 is 1.28 bits per heavy atom. The zero-order chi connectivity index (χ0) is 13.1. The number of amides is 1. The highest BCUT2D eigenvalue weighted by atomic mass is 16.2. The van der Waals surface area contributed by atoms with E-state index in [-0.39, 0.29) is 12.0 Å². The number of piperidine rings is 1. The van der Waals surface area contributed by atoms with Gasteiger partial charge < -0.3 is 15.5 Å². The van der Waals surface area contributed by atoms with Crippen molar-refractivity contribution in [3.05, 3.63) is 0 Å². The molecule has 4 heteroatoms. The summed E-state index contributed by atoms with van der Waals surface area (Å²) in [5, 5.41) is 0. The summed E-state index contributed by atoms with van der Waals surface area (Å²) < 4.78 is 0. The molecule has 2 fully saturated rings. The number of hydrogen-bond acceptors (Lipinski definition) is 3. The van der Waals surface area contributed by atoms with Crippen LogP contribution in [0.25, 0.3) is 0 Å². The number of nitrogens with two attached hydrogens (primary N) is 1. The molecule has 1 aliphatic carbocycles. The number of hydrogen-bond donors (Lipinski definition) is 1. The van der Waals surface area contributed by atoms with Crippen LogP contribution in [0.1, 0.15) is 32.1 Å². The van der Waals surface area contributed by atoms with Gasteiger partial charge in [0.2, 0.25) is 5.91 Å². The van der Waals surface area contributed by atoms with Gasteiger partial charge >= 0.3 is 0 Å². The Kier molecular flexibility index (Phi) is 4.62. The lowest BCUT2D eigenvalue weighted by molar-refractivity contribution is -0.134. The van der Waals surface area contributed by atoms with Gasteiger partial charge in [-0.2, -0.15) is 0 Å². The first-order valence-corrected chi connectivity index (χ1v) is 7.25. The third kappa shape index (κ3) is 3.45. The number of carbonyl (C=O) groups excluding carboxylic acids is 1. The van der Waals surface area contributed by atoms with E-state index in [0.717, 1.165) is 25.8 Å². The molecule has 0 spiro atoms. The minimum absolute atomic E-state index is 0.191. The van der Waals surface area contributed by atoms with Crippen molar-refractivity contribution in [3.8, 4) is 0 Å². The molecule has 1 heterocycles. The molecular formula is C14H27N3O. The molecule has 2 rings (SSSR count). The average Bonchev–Trinajstić information content (AvgIpc) is 2.78. The molecule has 0 aromatic rings. The monoisotopic (exact) mass is 253 g/mol. The smallest absolute Gasteiger partial charge is 0.225 e. The van der Waals surface area contributed by atoms with Crippen LogP contribution in [0.15, 0.2) is 0 Å². The van der Waals surface area contributed by atoms with Crippen molar-refractivity contribution in [2.75, 3.05) is 33.7 Å². The molecule has 1 aliphatic heterocycles. The summed E-state index contributed by atoms with van der Waals surface area (Å²) in [5.41, 5.74) is 5.89. The molecule has 2 unspecified atom stereocenters. The molecule has 1 saturated heterocycles. The Morgan fingerprint density at radius 3 is 2.50 bits per heavy atom. The van der Waals surface area contributed by atoms with E-state index < -0.39 is 0 Å². The van der Waals surface area contributed by atoms with Crippen molar-refractivity contribution < 1.29 is 4.79 Å². The first-order chi connectivity index (χ1) is 8.56. The Morgan fingerprint density at radius 2 is 1.94 bits per heavy atom. The quantitative estimate of drug-likeness (QED) is 0.813. The predicted octanol–water partition coefficient (Wildman–Crippen LogP) is 0.914. The SMILES string of the molecule is CN1CCC(CN(C)C(=O)C2CCC(N)C2)CC1. The van der Waals surface area contributed by atoms with Crippen LogP contribution in [0, 0.1) is 11.8 Å². The molecule has 2 atom stereocenters. The number of nitrogens with zero attached hydrogens (tertiary/aromatic N) is 2. The average molecular weight is 253 g/mol. The molecule has 2 aliphatic rings. The lowest BCUT2D eigenvalue weighted by atomic mass is 9.96. The Bertz CT molecular complexity index is 287. The summed E-state index contributed by atoms with van der Waals surface area (Å²) in [4.78, 5) is 16.6. The van der Waals surface area contributed by atoms with Crippen LogP contribution in [0.5, 0.6) is 0 Å². The van der Waals surface area contributed by atoms with E-state index in [0.29, 0.717) is 11.8 Å². The largest absolute Gasteiger partial charge is 0.345 e. The molecule has 0 bridgehead atoms. The Balaban J connectivity index is 1.77. The summed E-state index contributed by atoms with van der Waals surface area (Å²) in [6.07, 6.45) is 5.32. The second-order valence-corrected chi connectivity index (χ2v) is 6.24. The first-order valence-electron chi connectivity index (χ1n) is 7.25. The van der Waals surface area contributed by atoms with Gasteiger partial charge in [0, 0.05) is 25.6 Å². The number of likely N-dealkylation sites (tertiary alicyclic amines) is 1.